The van der Waals surface area contributed by atoms with E-state index in [0.717, 1.165) is 12.1 Å². The van der Waals surface area contributed by atoms with Gasteiger partial charge in [0.2, 0.25) is 0 Å². The molecular weight excluding hydrogens is 232 g/mol. The monoisotopic (exact) mass is 254 g/mol. The zero-order valence-electron chi connectivity index (χ0n) is 10.6. The molecule has 0 bridgehead atoms. The van der Waals surface area contributed by atoms with Crippen LogP contribution in [-0.2, 0) is 6.42 Å². The third-order valence-electron chi connectivity index (χ3n) is 3.37. The smallest absolute Gasteiger partial charge is 0.0640 e. The maximum Gasteiger partial charge on any atom is 0.0640 e. The largest absolute Gasteiger partial charge is 0.271 e. The van der Waals surface area contributed by atoms with E-state index in [9.17, 15) is 0 Å². The molecule has 2 heterocycles. The molecule has 3 N–H and O–H groups in total. The topological polar surface area (TPSA) is 55.9 Å². The van der Waals surface area contributed by atoms with Gasteiger partial charge in [-0.1, -0.05) is 0 Å². The average Bonchev–Trinajstić information content (AvgIpc) is 2.96. The van der Waals surface area contributed by atoms with Crippen LogP contribution in [0.4, 0.5) is 0 Å². The van der Waals surface area contributed by atoms with E-state index in [4.69, 9.17) is 5.84 Å². The molecule has 96 valence electrons. The van der Waals surface area contributed by atoms with Crippen molar-refractivity contribution in [1.82, 2.24) is 15.2 Å². The number of aromatic nitrogens is 2. The highest BCUT2D eigenvalue weighted by atomic mass is 32.2. The summed E-state index contributed by atoms with van der Waals surface area (Å²) in [7, 11) is 0. The van der Waals surface area contributed by atoms with Crippen LogP contribution in [0, 0.1) is 5.92 Å². The molecule has 4 nitrogen and oxygen atoms in total. The van der Waals surface area contributed by atoms with Crippen molar-refractivity contribution in [3.8, 4) is 0 Å². The summed E-state index contributed by atoms with van der Waals surface area (Å²) >= 11 is 2.03. The van der Waals surface area contributed by atoms with Crippen molar-refractivity contribution in [2.45, 2.75) is 38.8 Å². The molecular formula is C12H22N4S. The molecule has 2 unspecified atom stereocenters. The van der Waals surface area contributed by atoms with Gasteiger partial charge in [0, 0.05) is 24.7 Å². The molecule has 1 aliphatic rings. The Labute approximate surface area is 107 Å². The lowest BCUT2D eigenvalue weighted by Crippen LogP contribution is -2.42. The second kappa shape index (κ2) is 5.89. The van der Waals surface area contributed by atoms with Crippen molar-refractivity contribution >= 4 is 11.8 Å². The van der Waals surface area contributed by atoms with Gasteiger partial charge >= 0.3 is 0 Å². The summed E-state index contributed by atoms with van der Waals surface area (Å²) < 4.78 is 2.01. The SMILES string of the molecule is CC(C)n1ccc(CC(NN)C2CCSC2)n1. The Morgan fingerprint density at radius 3 is 3.00 bits per heavy atom. The van der Waals surface area contributed by atoms with E-state index < -0.39 is 0 Å². The maximum absolute atomic E-state index is 5.67. The highest BCUT2D eigenvalue weighted by molar-refractivity contribution is 7.99. The van der Waals surface area contributed by atoms with Gasteiger partial charge in [0.05, 0.1) is 5.69 Å². The molecule has 5 heteroatoms. The van der Waals surface area contributed by atoms with Gasteiger partial charge in [-0.05, 0) is 43.8 Å². The van der Waals surface area contributed by atoms with Gasteiger partial charge in [-0.3, -0.25) is 16.0 Å². The second-order valence-corrected chi connectivity index (χ2v) is 6.13. The highest BCUT2D eigenvalue weighted by Crippen LogP contribution is 2.27. The van der Waals surface area contributed by atoms with Crippen LogP contribution in [0.2, 0.25) is 0 Å². The third kappa shape index (κ3) is 3.24. The fourth-order valence-electron chi connectivity index (χ4n) is 2.23. The molecule has 0 radical (unpaired) electrons. The first-order valence-corrected chi connectivity index (χ1v) is 7.44. The predicted molar refractivity (Wildman–Crippen MR) is 72.9 cm³/mol. The van der Waals surface area contributed by atoms with Gasteiger partial charge in [0.15, 0.2) is 0 Å². The molecule has 2 rings (SSSR count). The molecule has 0 spiro atoms. The molecule has 0 amide bonds. The van der Waals surface area contributed by atoms with Crippen molar-refractivity contribution in [2.75, 3.05) is 11.5 Å². The fourth-order valence-corrected chi connectivity index (χ4v) is 3.57. The minimum atomic E-state index is 0.362. The van der Waals surface area contributed by atoms with E-state index in [2.05, 4.69) is 36.6 Å². The van der Waals surface area contributed by atoms with Crippen LogP contribution in [0.15, 0.2) is 12.3 Å². The lowest BCUT2D eigenvalue weighted by Gasteiger charge is -2.20. The zero-order valence-corrected chi connectivity index (χ0v) is 11.4. The highest BCUT2D eigenvalue weighted by Gasteiger charge is 2.25. The molecule has 1 aliphatic heterocycles. The van der Waals surface area contributed by atoms with Crippen LogP contribution in [0.25, 0.3) is 0 Å². The van der Waals surface area contributed by atoms with Crippen molar-refractivity contribution in [3.63, 3.8) is 0 Å². The first-order valence-electron chi connectivity index (χ1n) is 6.28. The van der Waals surface area contributed by atoms with Gasteiger partial charge in [-0.25, -0.2) is 0 Å². The summed E-state index contributed by atoms with van der Waals surface area (Å²) in [4.78, 5) is 0. The number of rotatable bonds is 5. The molecule has 2 atom stereocenters. The molecule has 0 saturated carbocycles. The van der Waals surface area contributed by atoms with Gasteiger partial charge in [0.25, 0.3) is 0 Å². The first kappa shape index (κ1) is 12.9. The number of nitrogens with zero attached hydrogens (tertiary/aromatic N) is 2. The number of hydrogen-bond acceptors (Lipinski definition) is 4. The molecule has 0 aromatic carbocycles. The van der Waals surface area contributed by atoms with E-state index in [0.29, 0.717) is 18.0 Å². The summed E-state index contributed by atoms with van der Waals surface area (Å²) in [5.74, 6) is 8.85. The molecule has 0 aliphatic carbocycles. The van der Waals surface area contributed by atoms with Crippen LogP contribution in [0.3, 0.4) is 0 Å². The fraction of sp³-hybridized carbons (Fsp3) is 0.750. The molecule has 1 saturated heterocycles. The maximum atomic E-state index is 5.67. The standard InChI is InChI=1S/C12H22N4S/c1-9(2)16-5-3-11(15-16)7-12(14-13)10-4-6-17-8-10/h3,5,9-10,12,14H,4,6-8,13H2,1-2H3. The number of nitrogens with two attached hydrogens (primary N) is 1. The summed E-state index contributed by atoms with van der Waals surface area (Å²) in [6.07, 6.45) is 4.25. The summed E-state index contributed by atoms with van der Waals surface area (Å²) in [6.45, 7) is 4.28. The quantitative estimate of drug-likeness (QED) is 0.619. The Balaban J connectivity index is 1.97. The van der Waals surface area contributed by atoms with E-state index in [1.54, 1.807) is 0 Å². The molecule has 1 fully saturated rings. The van der Waals surface area contributed by atoms with Crippen LogP contribution >= 0.6 is 11.8 Å². The van der Waals surface area contributed by atoms with Crippen LogP contribution in [0.1, 0.15) is 32.0 Å². The Morgan fingerprint density at radius 1 is 1.65 bits per heavy atom. The van der Waals surface area contributed by atoms with Crippen LogP contribution in [-0.4, -0.2) is 27.3 Å². The Kier molecular flexibility index (Phi) is 4.48. The lowest BCUT2D eigenvalue weighted by molar-refractivity contribution is 0.381. The number of nitrogens with one attached hydrogen (secondary N) is 1. The minimum absolute atomic E-state index is 0.362. The second-order valence-electron chi connectivity index (χ2n) is 4.98. The minimum Gasteiger partial charge on any atom is -0.271 e. The number of hydrogen-bond donors (Lipinski definition) is 2. The first-order chi connectivity index (χ1) is 8.20. The van der Waals surface area contributed by atoms with Crippen molar-refractivity contribution in [3.05, 3.63) is 18.0 Å². The van der Waals surface area contributed by atoms with Gasteiger partial charge in [-0.15, -0.1) is 0 Å². The molecule has 17 heavy (non-hydrogen) atoms. The Morgan fingerprint density at radius 2 is 2.47 bits per heavy atom. The van der Waals surface area contributed by atoms with Crippen molar-refractivity contribution in [2.24, 2.45) is 11.8 Å². The van der Waals surface area contributed by atoms with E-state index >= 15 is 0 Å². The molecule has 1 aromatic rings. The summed E-state index contributed by atoms with van der Waals surface area (Å²) in [5, 5.41) is 4.58. The summed E-state index contributed by atoms with van der Waals surface area (Å²) in [5.41, 5.74) is 4.11. The van der Waals surface area contributed by atoms with Gasteiger partial charge in [-0.2, -0.15) is 16.9 Å². The Bertz CT molecular complexity index is 344. The van der Waals surface area contributed by atoms with Gasteiger partial charge in [0.1, 0.15) is 0 Å². The van der Waals surface area contributed by atoms with Crippen LogP contribution in [0.5, 0.6) is 0 Å². The normalized spacial score (nSPS) is 22.2. The van der Waals surface area contributed by atoms with Crippen molar-refractivity contribution < 1.29 is 0 Å². The summed E-state index contributed by atoms with van der Waals surface area (Å²) in [6, 6.07) is 2.89. The Hall–Kier alpha value is -0.520. The average molecular weight is 254 g/mol. The van der Waals surface area contributed by atoms with E-state index in [1.165, 1.54) is 17.9 Å². The van der Waals surface area contributed by atoms with Crippen molar-refractivity contribution in [1.29, 1.82) is 0 Å². The van der Waals surface area contributed by atoms with E-state index in [1.807, 2.05) is 16.4 Å². The van der Waals surface area contributed by atoms with E-state index in [-0.39, 0.29) is 0 Å². The number of thioether (sulfide) groups is 1. The van der Waals surface area contributed by atoms with Crippen LogP contribution < -0.4 is 11.3 Å². The zero-order chi connectivity index (χ0) is 12.3. The third-order valence-corrected chi connectivity index (χ3v) is 4.56. The number of hydrazine groups is 1. The van der Waals surface area contributed by atoms with Gasteiger partial charge < -0.3 is 0 Å². The lowest BCUT2D eigenvalue weighted by atomic mass is 9.96. The predicted octanol–water partition coefficient (Wildman–Crippen LogP) is 1.59. The molecule has 1 aromatic heterocycles.